The van der Waals surface area contributed by atoms with Gasteiger partial charge in [-0.1, -0.05) is 19.9 Å². The van der Waals surface area contributed by atoms with Gasteiger partial charge < -0.3 is 35.0 Å². The number of phenolic OH excluding ortho intramolecular Hbond substituents is 4. The number of hydrogen-bond acceptors (Lipinski definition) is 9. The van der Waals surface area contributed by atoms with Gasteiger partial charge in [-0.05, 0) is 69.0 Å². The highest BCUT2D eigenvalue weighted by atomic mass is 16.6. The van der Waals surface area contributed by atoms with Crippen LogP contribution in [0.1, 0.15) is 55.6 Å². The molecule has 0 bridgehead atoms. The fraction of sp³-hybridized carbons (Fsp3) is 0.440. The molecule has 1 atom stereocenters. The topological polar surface area (TPSA) is 154 Å². The molecule has 0 amide bonds. The van der Waals surface area contributed by atoms with Crippen molar-refractivity contribution in [2.24, 2.45) is 5.41 Å². The minimum Gasteiger partial charge on any atom is -0.504 e. The first-order valence-electron chi connectivity index (χ1n) is 10.9. The van der Waals surface area contributed by atoms with Gasteiger partial charge >= 0.3 is 11.9 Å². The van der Waals surface area contributed by atoms with Gasteiger partial charge in [0.25, 0.3) is 0 Å². The van der Waals surface area contributed by atoms with Crippen LogP contribution in [0.3, 0.4) is 0 Å². The third-order valence-corrected chi connectivity index (χ3v) is 5.16. The van der Waals surface area contributed by atoms with E-state index in [9.17, 15) is 24.9 Å². The lowest BCUT2D eigenvalue weighted by Crippen LogP contribution is -2.31. The van der Waals surface area contributed by atoms with Crippen LogP contribution in [0.2, 0.25) is 0 Å². The standard InChI is InChI=1S/C16H22O7.C9H12O2/c1-4-16(2,3)15(21)23-9-11(17)8-22-14(20)10-5-6-12(18)13(19)7-10;1-3-7-4-6(2)5-8(10)9(7)11/h5-7,11,17-19H,4,8-9H2,1-3H3;4-5,10-11H,3H2,1-2H3. The average Bonchev–Trinajstić information content (AvgIpc) is 2.80. The molecule has 2 aromatic carbocycles. The summed E-state index contributed by atoms with van der Waals surface area (Å²) in [6, 6.07) is 6.89. The molecule has 0 aliphatic heterocycles. The molecule has 0 aliphatic rings. The highest BCUT2D eigenvalue weighted by molar-refractivity contribution is 5.90. The molecule has 34 heavy (non-hydrogen) atoms. The van der Waals surface area contributed by atoms with E-state index in [-0.39, 0.29) is 36.0 Å². The molecule has 0 radical (unpaired) electrons. The number of carbonyl (C=O) groups excluding carboxylic acids is 2. The number of esters is 2. The summed E-state index contributed by atoms with van der Waals surface area (Å²) in [5.74, 6) is -2.03. The Kier molecular flexibility index (Phi) is 10.7. The number of phenols is 4. The monoisotopic (exact) mass is 478 g/mol. The van der Waals surface area contributed by atoms with Gasteiger partial charge in [0.1, 0.15) is 19.3 Å². The summed E-state index contributed by atoms with van der Waals surface area (Å²) in [4.78, 5) is 23.5. The van der Waals surface area contributed by atoms with Crippen LogP contribution in [0.5, 0.6) is 23.0 Å². The van der Waals surface area contributed by atoms with E-state index in [2.05, 4.69) is 0 Å². The molecule has 1 unspecified atom stereocenters. The van der Waals surface area contributed by atoms with Crippen molar-refractivity contribution in [3.05, 3.63) is 47.0 Å². The molecule has 0 saturated carbocycles. The number of benzene rings is 2. The van der Waals surface area contributed by atoms with Gasteiger partial charge in [0.2, 0.25) is 0 Å². The minimum absolute atomic E-state index is 0.0121. The molecule has 0 aliphatic carbocycles. The maximum absolute atomic E-state index is 11.7. The van der Waals surface area contributed by atoms with Gasteiger partial charge in [0.05, 0.1) is 11.0 Å². The molecule has 0 aromatic heterocycles. The van der Waals surface area contributed by atoms with Crippen molar-refractivity contribution in [2.45, 2.75) is 53.6 Å². The normalized spacial score (nSPS) is 11.7. The Morgan fingerprint density at radius 3 is 2.09 bits per heavy atom. The van der Waals surface area contributed by atoms with Gasteiger partial charge in [-0.2, -0.15) is 0 Å². The number of aliphatic hydroxyl groups is 1. The van der Waals surface area contributed by atoms with Crippen LogP contribution in [-0.2, 0) is 20.7 Å². The lowest BCUT2D eigenvalue weighted by molar-refractivity contribution is -0.157. The van der Waals surface area contributed by atoms with Crippen molar-refractivity contribution < 1.29 is 44.6 Å². The van der Waals surface area contributed by atoms with E-state index in [1.165, 1.54) is 6.07 Å². The molecule has 188 valence electrons. The van der Waals surface area contributed by atoms with Crippen molar-refractivity contribution in [1.82, 2.24) is 0 Å². The Hall–Kier alpha value is -3.46. The van der Waals surface area contributed by atoms with E-state index in [0.717, 1.165) is 29.7 Å². The van der Waals surface area contributed by atoms with E-state index in [1.54, 1.807) is 19.9 Å². The summed E-state index contributed by atoms with van der Waals surface area (Å²) in [6.07, 6.45) is 0.184. The van der Waals surface area contributed by atoms with E-state index >= 15 is 0 Å². The van der Waals surface area contributed by atoms with Gasteiger partial charge in [-0.15, -0.1) is 0 Å². The van der Waals surface area contributed by atoms with Gasteiger partial charge in [-0.25, -0.2) is 4.79 Å². The highest BCUT2D eigenvalue weighted by Gasteiger charge is 2.27. The first-order valence-corrected chi connectivity index (χ1v) is 10.9. The second kappa shape index (κ2) is 12.7. The number of rotatable bonds is 8. The average molecular weight is 479 g/mol. The number of aliphatic hydroxyl groups excluding tert-OH is 1. The maximum atomic E-state index is 11.7. The molecule has 0 heterocycles. The number of ether oxygens (including phenoxy) is 2. The van der Waals surface area contributed by atoms with Crippen molar-refractivity contribution in [1.29, 1.82) is 0 Å². The Morgan fingerprint density at radius 2 is 1.53 bits per heavy atom. The van der Waals surface area contributed by atoms with Gasteiger partial charge in [-0.3, -0.25) is 4.79 Å². The minimum atomic E-state index is -1.15. The third kappa shape index (κ3) is 8.47. The maximum Gasteiger partial charge on any atom is 0.338 e. The zero-order valence-corrected chi connectivity index (χ0v) is 20.2. The molecule has 0 spiro atoms. The lowest BCUT2D eigenvalue weighted by Gasteiger charge is -2.21. The smallest absolute Gasteiger partial charge is 0.338 e. The number of aromatic hydroxyl groups is 4. The van der Waals surface area contributed by atoms with E-state index in [4.69, 9.17) is 19.7 Å². The molecular formula is C25H34O9. The Labute approximate surface area is 199 Å². The fourth-order valence-electron chi connectivity index (χ4n) is 2.57. The lowest BCUT2D eigenvalue weighted by atomic mass is 9.91. The van der Waals surface area contributed by atoms with Gasteiger partial charge in [0.15, 0.2) is 23.0 Å². The second-order valence-corrected chi connectivity index (χ2v) is 8.44. The molecule has 2 rings (SSSR count). The molecule has 9 nitrogen and oxygen atoms in total. The summed E-state index contributed by atoms with van der Waals surface area (Å²) in [7, 11) is 0. The van der Waals surface area contributed by atoms with Gasteiger partial charge in [0, 0.05) is 0 Å². The summed E-state index contributed by atoms with van der Waals surface area (Å²) < 4.78 is 9.84. The second-order valence-electron chi connectivity index (χ2n) is 8.44. The van der Waals surface area contributed by atoms with E-state index in [0.29, 0.717) is 6.42 Å². The predicted molar refractivity (Wildman–Crippen MR) is 125 cm³/mol. The van der Waals surface area contributed by atoms with Crippen LogP contribution in [0.25, 0.3) is 0 Å². The molecule has 0 saturated heterocycles. The van der Waals surface area contributed by atoms with Crippen molar-refractivity contribution >= 4 is 11.9 Å². The summed E-state index contributed by atoms with van der Waals surface area (Å²) in [6.45, 7) is 8.51. The number of aryl methyl sites for hydroxylation is 2. The molecule has 2 aromatic rings. The van der Waals surface area contributed by atoms with Crippen LogP contribution in [-0.4, -0.2) is 56.8 Å². The van der Waals surface area contributed by atoms with Crippen LogP contribution < -0.4 is 0 Å². The first-order chi connectivity index (χ1) is 15.8. The SMILES string of the molecule is CCC(C)(C)C(=O)OCC(O)COC(=O)c1ccc(O)c(O)c1.CCc1cc(C)cc(O)c1O. The molecule has 5 N–H and O–H groups in total. The van der Waals surface area contributed by atoms with Crippen molar-refractivity contribution in [2.75, 3.05) is 13.2 Å². The first kappa shape index (κ1) is 28.6. The Morgan fingerprint density at radius 1 is 0.912 bits per heavy atom. The molecular weight excluding hydrogens is 444 g/mol. The van der Waals surface area contributed by atoms with E-state index < -0.39 is 29.2 Å². The number of hydrogen-bond donors (Lipinski definition) is 5. The quantitative estimate of drug-likeness (QED) is 0.283. The van der Waals surface area contributed by atoms with Crippen LogP contribution in [0.4, 0.5) is 0 Å². The molecule has 0 fully saturated rings. The van der Waals surface area contributed by atoms with Crippen molar-refractivity contribution in [3.63, 3.8) is 0 Å². The fourth-order valence-corrected chi connectivity index (χ4v) is 2.57. The van der Waals surface area contributed by atoms with Crippen molar-refractivity contribution in [3.8, 4) is 23.0 Å². The van der Waals surface area contributed by atoms with E-state index in [1.807, 2.05) is 26.8 Å². The summed E-state index contributed by atoms with van der Waals surface area (Å²) >= 11 is 0. The van der Waals surface area contributed by atoms with Crippen LogP contribution >= 0.6 is 0 Å². The predicted octanol–water partition coefficient (Wildman–Crippen LogP) is 3.56. The summed E-state index contributed by atoms with van der Waals surface area (Å²) in [5.41, 5.74) is 1.15. The Balaban J connectivity index is 0.000000437. The molecule has 9 heteroatoms. The van der Waals surface area contributed by atoms with Crippen LogP contribution in [0.15, 0.2) is 30.3 Å². The highest BCUT2D eigenvalue weighted by Crippen LogP contribution is 2.30. The summed E-state index contributed by atoms with van der Waals surface area (Å²) in [5, 5.41) is 46.6. The third-order valence-electron chi connectivity index (χ3n) is 5.16. The Bertz CT molecular complexity index is 983. The zero-order valence-electron chi connectivity index (χ0n) is 20.2. The zero-order chi connectivity index (χ0) is 26.1. The van der Waals surface area contributed by atoms with Crippen LogP contribution in [0, 0.1) is 12.3 Å². The number of carbonyl (C=O) groups is 2. The largest absolute Gasteiger partial charge is 0.504 e.